The first-order valence-electron chi connectivity index (χ1n) is 5.75. The van der Waals surface area contributed by atoms with E-state index in [1.54, 1.807) is 0 Å². The van der Waals surface area contributed by atoms with Crippen molar-refractivity contribution in [2.45, 2.75) is 51.2 Å². The number of hydrogen-bond acceptors (Lipinski definition) is 2. The highest BCUT2D eigenvalue weighted by molar-refractivity contribution is 4.87. The summed E-state index contributed by atoms with van der Waals surface area (Å²) in [5, 5.41) is 3.58. The molecule has 0 spiro atoms. The summed E-state index contributed by atoms with van der Waals surface area (Å²) in [4.78, 5) is 0. The largest absolute Gasteiger partial charge is 0.375 e. The lowest BCUT2D eigenvalue weighted by Crippen LogP contribution is -2.51. The van der Waals surface area contributed by atoms with Crippen LogP contribution in [0.25, 0.3) is 0 Å². The Kier molecular flexibility index (Phi) is 3.23. The molecule has 1 aliphatic heterocycles. The van der Waals surface area contributed by atoms with Crippen LogP contribution in [0.5, 0.6) is 0 Å². The Balaban J connectivity index is 1.84. The van der Waals surface area contributed by atoms with Gasteiger partial charge in [-0.2, -0.15) is 0 Å². The minimum atomic E-state index is 0.529. The fourth-order valence-corrected chi connectivity index (χ4v) is 2.77. The average molecular weight is 183 g/mol. The molecule has 1 N–H and O–H groups in total. The zero-order valence-electron chi connectivity index (χ0n) is 8.59. The lowest BCUT2D eigenvalue weighted by Gasteiger charge is -2.39. The van der Waals surface area contributed by atoms with Gasteiger partial charge < -0.3 is 10.1 Å². The highest BCUT2D eigenvalue weighted by atomic mass is 16.5. The van der Waals surface area contributed by atoms with Crippen molar-refractivity contribution in [1.29, 1.82) is 0 Å². The maximum absolute atomic E-state index is 5.75. The predicted molar refractivity (Wildman–Crippen MR) is 53.8 cm³/mol. The van der Waals surface area contributed by atoms with Gasteiger partial charge in [0.25, 0.3) is 0 Å². The molecule has 2 fully saturated rings. The molecule has 0 aromatic carbocycles. The van der Waals surface area contributed by atoms with Crippen molar-refractivity contribution in [2.75, 3.05) is 13.2 Å². The fraction of sp³-hybridized carbons (Fsp3) is 1.00. The van der Waals surface area contributed by atoms with Gasteiger partial charge in [0.2, 0.25) is 0 Å². The van der Waals surface area contributed by atoms with Gasteiger partial charge in [-0.3, -0.25) is 0 Å². The molecule has 1 aliphatic carbocycles. The molecule has 3 unspecified atom stereocenters. The van der Waals surface area contributed by atoms with Gasteiger partial charge in [-0.1, -0.05) is 19.8 Å². The zero-order chi connectivity index (χ0) is 9.10. The lowest BCUT2D eigenvalue weighted by molar-refractivity contribution is -0.0349. The second kappa shape index (κ2) is 4.43. The van der Waals surface area contributed by atoms with E-state index in [4.69, 9.17) is 4.74 Å². The van der Waals surface area contributed by atoms with Gasteiger partial charge in [-0.25, -0.2) is 0 Å². The molecule has 1 saturated heterocycles. The van der Waals surface area contributed by atoms with Crippen LogP contribution in [0.4, 0.5) is 0 Å². The van der Waals surface area contributed by atoms with E-state index in [-0.39, 0.29) is 0 Å². The summed E-state index contributed by atoms with van der Waals surface area (Å²) in [6, 6.07) is 0.666. The number of fused-ring (bicyclic) bond motifs is 1. The van der Waals surface area contributed by atoms with Crippen LogP contribution in [0.15, 0.2) is 0 Å². The van der Waals surface area contributed by atoms with Crippen molar-refractivity contribution < 1.29 is 4.74 Å². The predicted octanol–water partition coefficient (Wildman–Crippen LogP) is 1.94. The van der Waals surface area contributed by atoms with Crippen LogP contribution in [0.2, 0.25) is 0 Å². The third-order valence-corrected chi connectivity index (χ3v) is 3.43. The summed E-state index contributed by atoms with van der Waals surface area (Å²) in [7, 11) is 0. The number of nitrogens with one attached hydrogen (secondary N) is 1. The second-order valence-corrected chi connectivity index (χ2v) is 4.44. The molecule has 3 atom stereocenters. The zero-order valence-corrected chi connectivity index (χ0v) is 8.59. The van der Waals surface area contributed by atoms with Gasteiger partial charge >= 0.3 is 0 Å². The molecule has 13 heavy (non-hydrogen) atoms. The Morgan fingerprint density at radius 2 is 2.31 bits per heavy atom. The first kappa shape index (κ1) is 9.47. The van der Waals surface area contributed by atoms with Gasteiger partial charge in [-0.15, -0.1) is 0 Å². The van der Waals surface area contributed by atoms with Crippen LogP contribution in [0.3, 0.4) is 0 Å². The van der Waals surface area contributed by atoms with Crippen LogP contribution in [0, 0.1) is 5.92 Å². The first-order valence-corrected chi connectivity index (χ1v) is 5.75. The van der Waals surface area contributed by atoms with E-state index in [1.807, 2.05) is 0 Å². The maximum Gasteiger partial charge on any atom is 0.0728 e. The molecular formula is C11H21NO. The van der Waals surface area contributed by atoms with Gasteiger partial charge in [0.05, 0.1) is 12.7 Å². The fourth-order valence-electron chi connectivity index (χ4n) is 2.77. The molecule has 0 aromatic heterocycles. The summed E-state index contributed by atoms with van der Waals surface area (Å²) >= 11 is 0. The third kappa shape index (κ3) is 2.23. The van der Waals surface area contributed by atoms with Crippen molar-refractivity contribution in [3.63, 3.8) is 0 Å². The van der Waals surface area contributed by atoms with Gasteiger partial charge in [-0.05, 0) is 25.2 Å². The molecule has 0 bridgehead atoms. The molecule has 2 aliphatic rings. The molecule has 0 amide bonds. The number of hydrogen-bond donors (Lipinski definition) is 1. The molecule has 1 saturated carbocycles. The highest BCUT2D eigenvalue weighted by Crippen LogP contribution is 2.30. The normalized spacial score (nSPS) is 39.9. The van der Waals surface area contributed by atoms with Crippen molar-refractivity contribution in [2.24, 2.45) is 5.92 Å². The van der Waals surface area contributed by atoms with Gasteiger partial charge in [0.1, 0.15) is 0 Å². The van der Waals surface area contributed by atoms with Crippen molar-refractivity contribution in [3.8, 4) is 0 Å². The SMILES string of the molecule is CCCC1CCC2OCCNC2C1. The molecule has 2 nitrogen and oxygen atoms in total. The van der Waals surface area contributed by atoms with E-state index in [0.29, 0.717) is 12.1 Å². The quantitative estimate of drug-likeness (QED) is 0.706. The Bertz CT molecular complexity index is 160. The molecule has 0 radical (unpaired) electrons. The molecule has 2 rings (SSSR count). The number of ether oxygens (including phenoxy) is 1. The Morgan fingerprint density at radius 1 is 1.38 bits per heavy atom. The summed E-state index contributed by atoms with van der Waals surface area (Å²) in [6.45, 7) is 4.26. The minimum Gasteiger partial charge on any atom is -0.375 e. The monoisotopic (exact) mass is 183 g/mol. The Hall–Kier alpha value is -0.0800. The van der Waals surface area contributed by atoms with Gasteiger partial charge in [0, 0.05) is 12.6 Å². The van der Waals surface area contributed by atoms with E-state index >= 15 is 0 Å². The molecule has 0 aromatic rings. The van der Waals surface area contributed by atoms with Crippen LogP contribution in [-0.2, 0) is 4.74 Å². The van der Waals surface area contributed by atoms with E-state index in [2.05, 4.69) is 12.2 Å². The highest BCUT2D eigenvalue weighted by Gasteiger charge is 2.32. The number of rotatable bonds is 2. The maximum atomic E-state index is 5.75. The summed E-state index contributed by atoms with van der Waals surface area (Å²) < 4.78 is 5.75. The standard InChI is InChI=1S/C11H21NO/c1-2-3-9-4-5-11-10(8-9)12-6-7-13-11/h9-12H,2-8H2,1H3. The minimum absolute atomic E-state index is 0.529. The molecule has 1 heterocycles. The molecule has 76 valence electrons. The van der Waals surface area contributed by atoms with Crippen molar-refractivity contribution in [3.05, 3.63) is 0 Å². The van der Waals surface area contributed by atoms with Crippen molar-refractivity contribution in [1.82, 2.24) is 5.32 Å². The first-order chi connectivity index (χ1) is 6.40. The molecular weight excluding hydrogens is 162 g/mol. The lowest BCUT2D eigenvalue weighted by atomic mass is 9.81. The van der Waals surface area contributed by atoms with Crippen LogP contribution >= 0.6 is 0 Å². The van der Waals surface area contributed by atoms with E-state index in [0.717, 1.165) is 19.1 Å². The summed E-state index contributed by atoms with van der Waals surface area (Å²) in [6.07, 6.45) is 7.28. The van der Waals surface area contributed by atoms with Gasteiger partial charge in [0.15, 0.2) is 0 Å². The van der Waals surface area contributed by atoms with Crippen LogP contribution < -0.4 is 5.32 Å². The average Bonchev–Trinajstić information content (AvgIpc) is 2.18. The van der Waals surface area contributed by atoms with Crippen molar-refractivity contribution >= 4 is 0 Å². The molecule has 2 heteroatoms. The van der Waals surface area contributed by atoms with E-state index in [9.17, 15) is 0 Å². The number of morpholine rings is 1. The van der Waals surface area contributed by atoms with Crippen LogP contribution in [-0.4, -0.2) is 25.3 Å². The third-order valence-electron chi connectivity index (χ3n) is 3.43. The smallest absolute Gasteiger partial charge is 0.0728 e. The summed E-state index contributed by atoms with van der Waals surface area (Å²) in [5.74, 6) is 0.959. The topological polar surface area (TPSA) is 21.3 Å². The summed E-state index contributed by atoms with van der Waals surface area (Å²) in [5.41, 5.74) is 0. The van der Waals surface area contributed by atoms with Crippen LogP contribution in [0.1, 0.15) is 39.0 Å². The Labute approximate surface area is 81.0 Å². The van der Waals surface area contributed by atoms with E-state index in [1.165, 1.54) is 32.1 Å². The Morgan fingerprint density at radius 3 is 3.15 bits per heavy atom. The van der Waals surface area contributed by atoms with E-state index < -0.39 is 0 Å². The second-order valence-electron chi connectivity index (χ2n) is 4.44.